The molecule has 1 aliphatic carbocycles. The summed E-state index contributed by atoms with van der Waals surface area (Å²) in [4.78, 5) is 35.3. The van der Waals surface area contributed by atoms with Crippen molar-refractivity contribution >= 4 is 11.8 Å². The number of hydrogen-bond donors (Lipinski definition) is 1. The van der Waals surface area contributed by atoms with Gasteiger partial charge in [-0.1, -0.05) is 0 Å². The fraction of sp³-hybridized carbons (Fsp3) is 0.600. The van der Waals surface area contributed by atoms with Crippen molar-refractivity contribution in [2.75, 3.05) is 13.6 Å². The minimum Gasteiger partial charge on any atom is -0.357 e. The molecule has 0 bridgehead atoms. The molecule has 1 saturated carbocycles. The zero-order chi connectivity index (χ0) is 14.9. The highest BCUT2D eigenvalue weighted by Crippen LogP contribution is 2.41. The number of rotatable bonds is 4. The second kappa shape index (κ2) is 5.42. The predicted molar refractivity (Wildman–Crippen MR) is 76.1 cm³/mol. The lowest BCUT2D eigenvalue weighted by atomic mass is 9.90. The van der Waals surface area contributed by atoms with E-state index in [1.54, 1.807) is 30.5 Å². The van der Waals surface area contributed by atoms with Crippen molar-refractivity contribution < 1.29 is 9.59 Å². The van der Waals surface area contributed by atoms with Crippen molar-refractivity contribution in [1.82, 2.24) is 20.2 Å². The third-order valence-corrected chi connectivity index (χ3v) is 4.43. The van der Waals surface area contributed by atoms with Crippen molar-refractivity contribution in [3.63, 3.8) is 0 Å². The average Bonchev–Trinajstić information content (AvgIpc) is 3.21. The lowest BCUT2D eigenvalue weighted by Gasteiger charge is -2.36. The van der Waals surface area contributed by atoms with Gasteiger partial charge < -0.3 is 10.2 Å². The van der Waals surface area contributed by atoms with E-state index >= 15 is 0 Å². The molecule has 1 aromatic rings. The van der Waals surface area contributed by atoms with Crippen LogP contribution >= 0.6 is 0 Å². The number of nitrogens with zero attached hydrogens (tertiary/aromatic N) is 3. The van der Waals surface area contributed by atoms with E-state index in [4.69, 9.17) is 0 Å². The number of nitrogens with one attached hydrogen (secondary N) is 1. The molecule has 1 aliphatic heterocycles. The van der Waals surface area contributed by atoms with Gasteiger partial charge in [-0.15, -0.1) is 0 Å². The maximum Gasteiger partial charge on any atom is 0.252 e. The molecule has 2 aliphatic rings. The van der Waals surface area contributed by atoms with Gasteiger partial charge in [-0.3, -0.25) is 19.6 Å². The second-order valence-electron chi connectivity index (χ2n) is 5.83. The van der Waals surface area contributed by atoms with E-state index < -0.39 is 5.54 Å². The molecule has 6 nitrogen and oxygen atoms in total. The molecule has 1 atom stereocenters. The number of likely N-dealkylation sites (tertiary alicyclic amines) is 1. The van der Waals surface area contributed by atoms with Crippen LogP contribution in [0.3, 0.4) is 0 Å². The SMILES string of the molecule is CNC(=O)[C@@]1(c2cnccn2)CCCN1C(=O)CC1CC1. The summed E-state index contributed by atoms with van der Waals surface area (Å²) in [6, 6.07) is 0. The van der Waals surface area contributed by atoms with Crippen LogP contribution < -0.4 is 5.32 Å². The van der Waals surface area contributed by atoms with Gasteiger partial charge in [0.2, 0.25) is 5.91 Å². The molecule has 2 amide bonds. The van der Waals surface area contributed by atoms with Crippen LogP contribution in [-0.2, 0) is 15.1 Å². The highest BCUT2D eigenvalue weighted by molar-refractivity contribution is 5.92. The topological polar surface area (TPSA) is 75.2 Å². The molecule has 1 aromatic heterocycles. The first-order valence-corrected chi connectivity index (χ1v) is 7.47. The monoisotopic (exact) mass is 288 g/mol. The Bertz CT molecular complexity index is 544. The normalized spacial score (nSPS) is 24.9. The molecule has 2 fully saturated rings. The second-order valence-corrected chi connectivity index (χ2v) is 5.83. The van der Waals surface area contributed by atoms with Gasteiger partial charge in [0.05, 0.1) is 11.9 Å². The number of aromatic nitrogens is 2. The Morgan fingerprint density at radius 2 is 2.24 bits per heavy atom. The maximum atomic E-state index is 12.6. The molecule has 21 heavy (non-hydrogen) atoms. The molecular weight excluding hydrogens is 268 g/mol. The maximum absolute atomic E-state index is 12.6. The van der Waals surface area contributed by atoms with Crippen molar-refractivity contribution in [1.29, 1.82) is 0 Å². The molecule has 3 rings (SSSR count). The van der Waals surface area contributed by atoms with E-state index in [1.807, 2.05) is 0 Å². The zero-order valence-electron chi connectivity index (χ0n) is 12.2. The van der Waals surface area contributed by atoms with Gasteiger partial charge in [-0.2, -0.15) is 0 Å². The molecule has 1 saturated heterocycles. The number of carbonyl (C=O) groups excluding carboxylic acids is 2. The summed E-state index contributed by atoms with van der Waals surface area (Å²) in [7, 11) is 1.60. The Morgan fingerprint density at radius 3 is 2.86 bits per heavy atom. The van der Waals surface area contributed by atoms with E-state index in [0.717, 1.165) is 19.3 Å². The molecule has 2 heterocycles. The Labute approximate surface area is 124 Å². The number of hydrogen-bond acceptors (Lipinski definition) is 4. The fourth-order valence-corrected chi connectivity index (χ4v) is 3.17. The first kappa shape index (κ1) is 14.0. The van der Waals surface area contributed by atoms with Gasteiger partial charge in [0.15, 0.2) is 5.54 Å². The van der Waals surface area contributed by atoms with Crippen LogP contribution in [0.1, 0.15) is 37.8 Å². The number of likely N-dealkylation sites (N-methyl/N-ethyl adjacent to an activating group) is 1. The van der Waals surface area contributed by atoms with Crippen molar-refractivity contribution in [2.24, 2.45) is 5.92 Å². The van der Waals surface area contributed by atoms with Crippen LogP contribution in [0.2, 0.25) is 0 Å². The summed E-state index contributed by atoms with van der Waals surface area (Å²) in [6.07, 6.45) is 8.93. The largest absolute Gasteiger partial charge is 0.357 e. The average molecular weight is 288 g/mol. The fourth-order valence-electron chi connectivity index (χ4n) is 3.17. The van der Waals surface area contributed by atoms with Crippen LogP contribution in [0.5, 0.6) is 0 Å². The first-order valence-electron chi connectivity index (χ1n) is 7.47. The lowest BCUT2D eigenvalue weighted by molar-refractivity contribution is -0.146. The quantitative estimate of drug-likeness (QED) is 0.891. The molecule has 0 aromatic carbocycles. The smallest absolute Gasteiger partial charge is 0.252 e. The highest BCUT2D eigenvalue weighted by Gasteiger charge is 2.52. The molecule has 0 unspecified atom stereocenters. The third-order valence-electron chi connectivity index (χ3n) is 4.43. The molecule has 6 heteroatoms. The summed E-state index contributed by atoms with van der Waals surface area (Å²) in [5.41, 5.74) is -0.430. The van der Waals surface area contributed by atoms with Crippen molar-refractivity contribution in [2.45, 2.75) is 37.6 Å². The summed E-state index contributed by atoms with van der Waals surface area (Å²) >= 11 is 0. The van der Waals surface area contributed by atoms with Crippen LogP contribution in [0.4, 0.5) is 0 Å². The third kappa shape index (κ3) is 2.39. The minimum absolute atomic E-state index is 0.0595. The van der Waals surface area contributed by atoms with E-state index in [1.165, 1.54) is 0 Å². The van der Waals surface area contributed by atoms with Crippen LogP contribution in [0, 0.1) is 5.92 Å². The molecule has 1 N–H and O–H groups in total. The van der Waals surface area contributed by atoms with Crippen LogP contribution in [0.25, 0.3) is 0 Å². The van der Waals surface area contributed by atoms with Gasteiger partial charge in [-0.25, -0.2) is 0 Å². The van der Waals surface area contributed by atoms with Gasteiger partial charge in [0.25, 0.3) is 5.91 Å². The Balaban J connectivity index is 1.97. The summed E-state index contributed by atoms with van der Waals surface area (Å²) in [5, 5.41) is 2.70. The molecule has 0 radical (unpaired) electrons. The van der Waals surface area contributed by atoms with E-state index in [2.05, 4.69) is 15.3 Å². The number of amides is 2. The van der Waals surface area contributed by atoms with Gasteiger partial charge in [-0.05, 0) is 31.6 Å². The Kier molecular flexibility index (Phi) is 3.61. The molecule has 112 valence electrons. The highest BCUT2D eigenvalue weighted by atomic mass is 16.2. The van der Waals surface area contributed by atoms with Gasteiger partial charge in [0, 0.05) is 32.4 Å². The molecule has 0 spiro atoms. The molecular formula is C15H20N4O2. The van der Waals surface area contributed by atoms with Crippen LogP contribution in [0.15, 0.2) is 18.6 Å². The van der Waals surface area contributed by atoms with Crippen molar-refractivity contribution in [3.05, 3.63) is 24.3 Å². The standard InChI is InChI=1S/C15H20N4O2/c1-16-14(21)15(12-10-17-6-7-18-12)5-2-8-19(15)13(20)9-11-3-4-11/h6-7,10-11H,2-5,8-9H2,1H3,(H,16,21)/t15-/m0/s1. The predicted octanol–water partition coefficient (Wildman–Crippen LogP) is 0.840. The Morgan fingerprint density at radius 1 is 1.43 bits per heavy atom. The van der Waals surface area contributed by atoms with Crippen molar-refractivity contribution in [3.8, 4) is 0 Å². The van der Waals surface area contributed by atoms with Gasteiger partial charge in [0.1, 0.15) is 0 Å². The zero-order valence-corrected chi connectivity index (χ0v) is 12.2. The lowest BCUT2D eigenvalue weighted by Crippen LogP contribution is -2.55. The van der Waals surface area contributed by atoms with Gasteiger partial charge >= 0.3 is 0 Å². The number of carbonyl (C=O) groups is 2. The summed E-state index contributed by atoms with van der Waals surface area (Å²) in [6.45, 7) is 0.607. The van der Waals surface area contributed by atoms with E-state index in [9.17, 15) is 9.59 Å². The summed E-state index contributed by atoms with van der Waals surface area (Å²) in [5.74, 6) is 0.385. The first-order chi connectivity index (χ1) is 10.2. The minimum atomic E-state index is -0.991. The van der Waals surface area contributed by atoms with E-state index in [-0.39, 0.29) is 11.8 Å². The summed E-state index contributed by atoms with van der Waals surface area (Å²) < 4.78 is 0. The Hall–Kier alpha value is -1.98. The van der Waals surface area contributed by atoms with Crippen LogP contribution in [-0.4, -0.2) is 40.3 Å². The van der Waals surface area contributed by atoms with E-state index in [0.29, 0.717) is 31.0 Å².